The molecule has 26 heavy (non-hydrogen) atoms. The molecule has 1 aliphatic rings. The molecule has 0 bridgehead atoms. The number of hydrogen-bond donors (Lipinski definition) is 2. The number of aryl methyl sites for hydroxylation is 1. The Morgan fingerprint density at radius 1 is 1.35 bits per heavy atom. The van der Waals surface area contributed by atoms with Crippen molar-refractivity contribution in [3.63, 3.8) is 0 Å². The molecule has 2 N–H and O–H groups in total. The lowest BCUT2D eigenvalue weighted by molar-refractivity contribution is -0.119. The molecule has 9 heteroatoms. The van der Waals surface area contributed by atoms with Gasteiger partial charge in [0.2, 0.25) is 11.0 Å². The highest BCUT2D eigenvalue weighted by Gasteiger charge is 2.17. The fraction of sp³-hybridized carbons (Fsp3) is 0.412. The van der Waals surface area contributed by atoms with E-state index in [2.05, 4.69) is 20.8 Å². The highest BCUT2D eigenvalue weighted by molar-refractivity contribution is 8.01. The van der Waals surface area contributed by atoms with Gasteiger partial charge in [-0.2, -0.15) is 0 Å². The van der Waals surface area contributed by atoms with E-state index >= 15 is 0 Å². The smallest absolute Gasteiger partial charge is 0.257 e. The first-order valence-corrected chi connectivity index (χ1v) is 10.1. The minimum Gasteiger partial charge on any atom is -0.376 e. The number of carbonyl (C=O) groups excluding carboxylic acids is 2. The van der Waals surface area contributed by atoms with Gasteiger partial charge in [-0.3, -0.25) is 14.9 Å². The molecule has 0 aliphatic carbocycles. The van der Waals surface area contributed by atoms with Crippen LogP contribution in [0.1, 0.15) is 28.8 Å². The average Bonchev–Trinajstić information content (AvgIpc) is 3.30. The van der Waals surface area contributed by atoms with Gasteiger partial charge >= 0.3 is 0 Å². The summed E-state index contributed by atoms with van der Waals surface area (Å²) >= 11 is 2.55. The summed E-state index contributed by atoms with van der Waals surface area (Å²) in [6, 6.07) is 7.35. The number of hydrogen-bond acceptors (Lipinski definition) is 7. The van der Waals surface area contributed by atoms with Crippen LogP contribution in [0.3, 0.4) is 0 Å². The topological polar surface area (TPSA) is 93.2 Å². The maximum absolute atomic E-state index is 12.3. The molecule has 7 nitrogen and oxygen atoms in total. The first-order valence-electron chi connectivity index (χ1n) is 8.33. The molecule has 1 aromatic carbocycles. The van der Waals surface area contributed by atoms with Crippen molar-refractivity contribution in [2.24, 2.45) is 0 Å². The summed E-state index contributed by atoms with van der Waals surface area (Å²) in [6.45, 7) is 3.20. The summed E-state index contributed by atoms with van der Waals surface area (Å²) in [7, 11) is 0. The second kappa shape index (κ2) is 9.11. The van der Waals surface area contributed by atoms with Crippen molar-refractivity contribution in [1.82, 2.24) is 15.5 Å². The number of thioether (sulfide) groups is 1. The van der Waals surface area contributed by atoms with E-state index < -0.39 is 0 Å². The molecule has 2 amide bonds. The molecular formula is C17H20N4O3S2. The molecule has 0 saturated carbocycles. The van der Waals surface area contributed by atoms with Crippen molar-refractivity contribution in [2.45, 2.75) is 30.2 Å². The van der Waals surface area contributed by atoms with Crippen molar-refractivity contribution in [3.05, 3.63) is 35.4 Å². The van der Waals surface area contributed by atoms with E-state index in [9.17, 15) is 9.59 Å². The number of rotatable bonds is 7. The molecule has 0 radical (unpaired) electrons. The maximum atomic E-state index is 12.3. The van der Waals surface area contributed by atoms with Crippen molar-refractivity contribution in [3.8, 4) is 0 Å². The first kappa shape index (κ1) is 18.8. The normalized spacial score (nSPS) is 16.4. The van der Waals surface area contributed by atoms with Gasteiger partial charge in [0.1, 0.15) is 0 Å². The van der Waals surface area contributed by atoms with Crippen LogP contribution in [0.4, 0.5) is 5.13 Å². The van der Waals surface area contributed by atoms with Gasteiger partial charge in [-0.05, 0) is 31.4 Å². The van der Waals surface area contributed by atoms with Crippen molar-refractivity contribution < 1.29 is 14.3 Å². The molecule has 1 aromatic heterocycles. The Balaban J connectivity index is 1.44. The van der Waals surface area contributed by atoms with Crippen LogP contribution in [0.15, 0.2) is 28.6 Å². The summed E-state index contributed by atoms with van der Waals surface area (Å²) in [5.74, 6) is -0.0242. The van der Waals surface area contributed by atoms with Crippen LogP contribution < -0.4 is 10.6 Å². The molecule has 138 valence electrons. The van der Waals surface area contributed by atoms with Crippen LogP contribution in [0, 0.1) is 6.92 Å². The van der Waals surface area contributed by atoms with Crippen molar-refractivity contribution in [2.75, 3.05) is 24.2 Å². The summed E-state index contributed by atoms with van der Waals surface area (Å²) < 4.78 is 6.11. The third kappa shape index (κ3) is 5.26. The van der Waals surface area contributed by atoms with Gasteiger partial charge in [0, 0.05) is 18.7 Å². The predicted octanol–water partition coefficient (Wildman–Crippen LogP) is 2.49. The number of ether oxygens (including phenoxy) is 1. The third-order valence-corrected chi connectivity index (χ3v) is 5.87. The maximum Gasteiger partial charge on any atom is 0.257 e. The Kier molecular flexibility index (Phi) is 6.59. The Labute approximate surface area is 159 Å². The van der Waals surface area contributed by atoms with Gasteiger partial charge in [0.25, 0.3) is 5.91 Å². The van der Waals surface area contributed by atoms with E-state index in [0.29, 0.717) is 21.6 Å². The van der Waals surface area contributed by atoms with Gasteiger partial charge in [-0.15, -0.1) is 10.2 Å². The molecule has 1 fully saturated rings. The summed E-state index contributed by atoms with van der Waals surface area (Å²) in [5.41, 5.74) is 1.50. The molecule has 1 aliphatic heterocycles. The molecular weight excluding hydrogens is 372 g/mol. The van der Waals surface area contributed by atoms with Gasteiger partial charge in [0.15, 0.2) is 4.34 Å². The van der Waals surface area contributed by atoms with Crippen LogP contribution in [-0.4, -0.2) is 47.0 Å². The minimum atomic E-state index is -0.217. The van der Waals surface area contributed by atoms with E-state index in [1.165, 1.54) is 23.1 Å². The standard InChI is InChI=1S/C17H20N4O3S2/c1-11-5-2-3-7-13(11)15(23)19-16-20-21-17(26-16)25-10-14(22)18-9-12-6-4-8-24-12/h2-3,5,7,12H,4,6,8-10H2,1H3,(H,18,22)(H,19,20,23). The summed E-state index contributed by atoms with van der Waals surface area (Å²) in [5, 5.41) is 14.0. The Morgan fingerprint density at radius 3 is 2.96 bits per heavy atom. The molecule has 0 spiro atoms. The lowest BCUT2D eigenvalue weighted by Gasteiger charge is -2.09. The number of amides is 2. The van der Waals surface area contributed by atoms with Crippen LogP contribution in [0.25, 0.3) is 0 Å². The number of nitrogens with one attached hydrogen (secondary N) is 2. The fourth-order valence-corrected chi connectivity index (χ4v) is 4.10. The van der Waals surface area contributed by atoms with E-state index in [1.807, 2.05) is 25.1 Å². The zero-order chi connectivity index (χ0) is 18.4. The number of anilines is 1. The Morgan fingerprint density at radius 2 is 2.19 bits per heavy atom. The van der Waals surface area contributed by atoms with Crippen molar-refractivity contribution in [1.29, 1.82) is 0 Å². The van der Waals surface area contributed by atoms with Gasteiger partial charge in [0.05, 0.1) is 11.9 Å². The van der Waals surface area contributed by atoms with E-state index in [0.717, 1.165) is 25.0 Å². The molecule has 1 unspecified atom stereocenters. The molecule has 1 saturated heterocycles. The predicted molar refractivity (Wildman–Crippen MR) is 102 cm³/mol. The average molecular weight is 393 g/mol. The van der Waals surface area contributed by atoms with Crippen LogP contribution in [0.2, 0.25) is 0 Å². The lowest BCUT2D eigenvalue weighted by atomic mass is 10.1. The van der Waals surface area contributed by atoms with E-state index in [4.69, 9.17) is 4.74 Å². The summed E-state index contributed by atoms with van der Waals surface area (Å²) in [4.78, 5) is 24.1. The molecule has 2 aromatic rings. The third-order valence-electron chi connectivity index (χ3n) is 3.89. The van der Waals surface area contributed by atoms with Crippen molar-refractivity contribution >= 4 is 40.0 Å². The Hall–Kier alpha value is -1.97. The largest absolute Gasteiger partial charge is 0.376 e. The number of benzene rings is 1. The summed E-state index contributed by atoms with van der Waals surface area (Å²) in [6.07, 6.45) is 2.18. The number of carbonyl (C=O) groups is 2. The second-order valence-electron chi connectivity index (χ2n) is 5.87. The van der Waals surface area contributed by atoms with Crippen LogP contribution in [-0.2, 0) is 9.53 Å². The molecule has 1 atom stereocenters. The van der Waals surface area contributed by atoms with E-state index in [-0.39, 0.29) is 23.7 Å². The first-order chi connectivity index (χ1) is 12.6. The minimum absolute atomic E-state index is 0.0637. The fourth-order valence-electron chi connectivity index (χ4n) is 2.52. The van der Waals surface area contributed by atoms with E-state index in [1.54, 1.807) is 6.07 Å². The van der Waals surface area contributed by atoms with Crippen LogP contribution >= 0.6 is 23.1 Å². The highest BCUT2D eigenvalue weighted by Crippen LogP contribution is 2.25. The zero-order valence-corrected chi connectivity index (χ0v) is 16.0. The number of aromatic nitrogens is 2. The SMILES string of the molecule is Cc1ccccc1C(=O)Nc1nnc(SCC(=O)NCC2CCCO2)s1. The van der Waals surface area contributed by atoms with Crippen LogP contribution in [0.5, 0.6) is 0 Å². The Bertz CT molecular complexity index is 775. The highest BCUT2D eigenvalue weighted by atomic mass is 32.2. The molecule has 2 heterocycles. The number of nitrogens with zero attached hydrogens (tertiary/aromatic N) is 2. The lowest BCUT2D eigenvalue weighted by Crippen LogP contribution is -2.32. The molecule has 3 rings (SSSR count). The van der Waals surface area contributed by atoms with Gasteiger partial charge < -0.3 is 10.1 Å². The zero-order valence-electron chi connectivity index (χ0n) is 14.4. The monoisotopic (exact) mass is 392 g/mol. The quantitative estimate of drug-likeness (QED) is 0.555. The second-order valence-corrected chi connectivity index (χ2v) is 8.07. The van der Waals surface area contributed by atoms with Gasteiger partial charge in [-0.1, -0.05) is 41.3 Å². The van der Waals surface area contributed by atoms with Gasteiger partial charge in [-0.25, -0.2) is 0 Å².